The summed E-state index contributed by atoms with van der Waals surface area (Å²) in [5.41, 5.74) is 7.00. The SMILES string of the molecule is CCCCN(CCCF)c1nc(C)nc2c1c(C)cn2-c1c(C)cc(C)cc1C. The summed E-state index contributed by atoms with van der Waals surface area (Å²) in [5.74, 6) is 1.68. The van der Waals surface area contributed by atoms with Crippen LogP contribution in [-0.4, -0.2) is 34.3 Å². The standard InChI is InChI=1S/C24H33FN4/c1-7-8-11-28(12-9-10-25)23-21-19(5)15-29(24(21)27-20(6)26-23)22-17(3)13-16(2)14-18(22)4/h13-15H,7-12H2,1-6H3. The maximum atomic E-state index is 12.9. The Bertz CT molecular complexity index is 975. The van der Waals surface area contributed by atoms with E-state index in [0.717, 1.165) is 47.6 Å². The predicted octanol–water partition coefficient (Wildman–Crippen LogP) is 5.93. The van der Waals surface area contributed by atoms with E-state index in [1.165, 1.54) is 22.4 Å². The fourth-order valence-electron chi connectivity index (χ4n) is 4.26. The number of halogens is 1. The summed E-state index contributed by atoms with van der Waals surface area (Å²) in [6, 6.07) is 4.43. The first-order valence-corrected chi connectivity index (χ1v) is 10.6. The van der Waals surface area contributed by atoms with E-state index in [1.54, 1.807) is 0 Å². The normalized spacial score (nSPS) is 11.4. The molecule has 0 radical (unpaired) electrons. The molecule has 0 spiro atoms. The highest BCUT2D eigenvalue weighted by molar-refractivity contribution is 5.92. The van der Waals surface area contributed by atoms with E-state index >= 15 is 0 Å². The lowest BCUT2D eigenvalue weighted by molar-refractivity contribution is 0.469. The smallest absolute Gasteiger partial charge is 0.150 e. The van der Waals surface area contributed by atoms with Gasteiger partial charge in [0.15, 0.2) is 5.65 Å². The lowest BCUT2D eigenvalue weighted by Crippen LogP contribution is -2.27. The van der Waals surface area contributed by atoms with E-state index in [4.69, 9.17) is 9.97 Å². The minimum absolute atomic E-state index is 0.308. The Morgan fingerprint density at radius 1 is 0.931 bits per heavy atom. The van der Waals surface area contributed by atoms with Gasteiger partial charge in [0.2, 0.25) is 0 Å². The lowest BCUT2D eigenvalue weighted by atomic mass is 10.1. The number of hydrogen-bond acceptors (Lipinski definition) is 3. The highest BCUT2D eigenvalue weighted by Gasteiger charge is 2.20. The summed E-state index contributed by atoms with van der Waals surface area (Å²) in [6.45, 7) is 13.9. The van der Waals surface area contributed by atoms with E-state index in [1.807, 2.05) is 6.92 Å². The first-order valence-electron chi connectivity index (χ1n) is 10.6. The topological polar surface area (TPSA) is 34.0 Å². The van der Waals surface area contributed by atoms with E-state index < -0.39 is 0 Å². The second-order valence-corrected chi connectivity index (χ2v) is 8.11. The van der Waals surface area contributed by atoms with Crippen molar-refractivity contribution < 1.29 is 4.39 Å². The first-order chi connectivity index (χ1) is 13.9. The number of benzene rings is 1. The van der Waals surface area contributed by atoms with Crippen molar-refractivity contribution in [1.29, 1.82) is 0 Å². The van der Waals surface area contributed by atoms with Crippen molar-refractivity contribution in [2.75, 3.05) is 24.7 Å². The van der Waals surface area contributed by atoms with Crippen molar-refractivity contribution in [1.82, 2.24) is 14.5 Å². The van der Waals surface area contributed by atoms with Gasteiger partial charge in [-0.15, -0.1) is 0 Å². The maximum Gasteiger partial charge on any atom is 0.150 e. The molecule has 3 rings (SSSR count). The second kappa shape index (κ2) is 8.93. The van der Waals surface area contributed by atoms with Crippen LogP contribution in [0.2, 0.25) is 0 Å². The third kappa shape index (κ3) is 4.29. The van der Waals surface area contributed by atoms with Gasteiger partial charge in [0.05, 0.1) is 17.7 Å². The number of unbranched alkanes of at least 4 members (excludes halogenated alkanes) is 1. The minimum Gasteiger partial charge on any atom is -0.356 e. The van der Waals surface area contributed by atoms with Crippen molar-refractivity contribution in [2.45, 2.75) is 60.8 Å². The molecule has 2 heterocycles. The fourth-order valence-corrected chi connectivity index (χ4v) is 4.26. The monoisotopic (exact) mass is 396 g/mol. The highest BCUT2D eigenvalue weighted by Crippen LogP contribution is 2.33. The third-order valence-electron chi connectivity index (χ3n) is 5.45. The van der Waals surface area contributed by atoms with Crippen LogP contribution in [0.4, 0.5) is 10.2 Å². The van der Waals surface area contributed by atoms with Crippen LogP contribution in [0.25, 0.3) is 16.7 Å². The molecule has 0 saturated heterocycles. The Morgan fingerprint density at radius 3 is 2.21 bits per heavy atom. The van der Waals surface area contributed by atoms with Gasteiger partial charge in [0.25, 0.3) is 0 Å². The first kappa shape index (κ1) is 21.3. The van der Waals surface area contributed by atoms with Crippen LogP contribution in [0.3, 0.4) is 0 Å². The zero-order valence-corrected chi connectivity index (χ0v) is 18.6. The third-order valence-corrected chi connectivity index (χ3v) is 5.45. The van der Waals surface area contributed by atoms with Gasteiger partial charge in [0, 0.05) is 19.3 Å². The summed E-state index contributed by atoms with van der Waals surface area (Å²) in [6.07, 6.45) is 4.85. The summed E-state index contributed by atoms with van der Waals surface area (Å²) >= 11 is 0. The average molecular weight is 397 g/mol. The Morgan fingerprint density at radius 2 is 1.59 bits per heavy atom. The molecule has 0 unspecified atom stereocenters. The van der Waals surface area contributed by atoms with Gasteiger partial charge in [0.1, 0.15) is 11.6 Å². The molecule has 0 aliphatic rings. The predicted molar refractivity (Wildman–Crippen MR) is 120 cm³/mol. The molecule has 3 aromatic rings. The Labute approximate surface area is 173 Å². The second-order valence-electron chi connectivity index (χ2n) is 8.11. The number of nitrogens with zero attached hydrogens (tertiary/aromatic N) is 4. The zero-order valence-electron chi connectivity index (χ0n) is 18.6. The molecular weight excluding hydrogens is 363 g/mol. The number of fused-ring (bicyclic) bond motifs is 1. The van der Waals surface area contributed by atoms with Crippen LogP contribution in [0.1, 0.15) is 54.3 Å². The molecule has 29 heavy (non-hydrogen) atoms. The molecule has 0 bridgehead atoms. The van der Waals surface area contributed by atoms with E-state index in [2.05, 4.69) is 62.4 Å². The van der Waals surface area contributed by atoms with Crippen molar-refractivity contribution >= 4 is 16.9 Å². The summed E-state index contributed by atoms with van der Waals surface area (Å²) in [5, 5.41) is 1.07. The fraction of sp³-hybridized carbons (Fsp3) is 0.500. The van der Waals surface area contributed by atoms with E-state index in [0.29, 0.717) is 13.0 Å². The van der Waals surface area contributed by atoms with Crippen molar-refractivity contribution in [3.63, 3.8) is 0 Å². The molecule has 0 N–H and O–H groups in total. The van der Waals surface area contributed by atoms with Crippen LogP contribution in [0.5, 0.6) is 0 Å². The van der Waals surface area contributed by atoms with Gasteiger partial charge < -0.3 is 9.47 Å². The summed E-state index contributed by atoms with van der Waals surface area (Å²) < 4.78 is 15.2. The molecule has 4 nitrogen and oxygen atoms in total. The number of hydrogen-bond donors (Lipinski definition) is 0. The van der Waals surface area contributed by atoms with Gasteiger partial charge in [-0.3, -0.25) is 4.39 Å². The van der Waals surface area contributed by atoms with Crippen molar-refractivity contribution in [3.05, 3.63) is 46.4 Å². The van der Waals surface area contributed by atoms with Crippen LogP contribution in [0, 0.1) is 34.6 Å². The number of alkyl halides is 1. The molecular formula is C24H33FN4. The maximum absolute atomic E-state index is 12.9. The Kier molecular flexibility index (Phi) is 6.56. The lowest BCUT2D eigenvalue weighted by Gasteiger charge is -2.24. The van der Waals surface area contributed by atoms with Crippen LogP contribution < -0.4 is 4.90 Å². The number of rotatable bonds is 8. The molecule has 5 heteroatoms. The Hall–Kier alpha value is -2.43. The molecule has 1 aromatic carbocycles. The Balaban J connectivity index is 2.23. The zero-order chi connectivity index (χ0) is 21.1. The average Bonchev–Trinajstić information content (AvgIpc) is 2.96. The van der Waals surface area contributed by atoms with Gasteiger partial charge in [-0.1, -0.05) is 31.0 Å². The number of aromatic nitrogens is 3. The van der Waals surface area contributed by atoms with Gasteiger partial charge in [-0.05, 0) is 64.2 Å². The van der Waals surface area contributed by atoms with E-state index in [-0.39, 0.29) is 6.67 Å². The van der Waals surface area contributed by atoms with Gasteiger partial charge >= 0.3 is 0 Å². The molecule has 0 atom stereocenters. The molecule has 2 aromatic heterocycles. The molecule has 0 aliphatic heterocycles. The summed E-state index contributed by atoms with van der Waals surface area (Å²) in [4.78, 5) is 11.9. The quantitative estimate of drug-likeness (QED) is 0.473. The van der Waals surface area contributed by atoms with Crippen LogP contribution in [-0.2, 0) is 0 Å². The van der Waals surface area contributed by atoms with E-state index in [9.17, 15) is 4.39 Å². The molecule has 0 amide bonds. The summed E-state index contributed by atoms with van der Waals surface area (Å²) in [7, 11) is 0. The molecule has 156 valence electrons. The van der Waals surface area contributed by atoms with Gasteiger partial charge in [-0.25, -0.2) is 9.97 Å². The van der Waals surface area contributed by atoms with Crippen molar-refractivity contribution in [2.24, 2.45) is 0 Å². The minimum atomic E-state index is -0.308. The van der Waals surface area contributed by atoms with Gasteiger partial charge in [-0.2, -0.15) is 0 Å². The largest absolute Gasteiger partial charge is 0.356 e. The molecule has 0 aliphatic carbocycles. The van der Waals surface area contributed by atoms with Crippen LogP contribution in [0.15, 0.2) is 18.3 Å². The van der Waals surface area contributed by atoms with Crippen LogP contribution >= 0.6 is 0 Å². The number of aryl methyl sites for hydroxylation is 5. The molecule has 0 saturated carbocycles. The molecule has 0 fully saturated rings. The van der Waals surface area contributed by atoms with Crippen molar-refractivity contribution in [3.8, 4) is 5.69 Å². The highest BCUT2D eigenvalue weighted by atomic mass is 19.1. The number of anilines is 1.